The van der Waals surface area contributed by atoms with Crippen LogP contribution in [0.1, 0.15) is 31.0 Å². The first-order chi connectivity index (χ1) is 16.5. The van der Waals surface area contributed by atoms with Gasteiger partial charge in [0.25, 0.3) is 11.7 Å². The van der Waals surface area contributed by atoms with Gasteiger partial charge in [-0.2, -0.15) is 0 Å². The van der Waals surface area contributed by atoms with Crippen molar-refractivity contribution in [2.24, 2.45) is 0 Å². The molecule has 0 radical (unpaired) electrons. The van der Waals surface area contributed by atoms with Gasteiger partial charge in [0.15, 0.2) is 0 Å². The molecular weight excluding hydrogens is 430 g/mol. The second-order valence-corrected chi connectivity index (χ2v) is 7.87. The van der Waals surface area contributed by atoms with Gasteiger partial charge >= 0.3 is 0 Å². The molecule has 1 atom stereocenters. The topological polar surface area (TPSA) is 83.0 Å². The molecule has 2 aromatic carbocycles. The fourth-order valence-corrected chi connectivity index (χ4v) is 4.28. The van der Waals surface area contributed by atoms with E-state index in [2.05, 4.69) is 23.7 Å². The number of ether oxygens (including phenoxy) is 1. The first-order valence-corrected chi connectivity index (χ1v) is 11.2. The number of amides is 1. The second-order valence-electron chi connectivity index (χ2n) is 7.87. The SMILES string of the molecule is CCN(CC)c1ccc(C2/C(=C(/O)c3ccncc3)C(=O)C(=O)N2c2ccc(OC)cc2)cc1. The van der Waals surface area contributed by atoms with E-state index < -0.39 is 17.7 Å². The van der Waals surface area contributed by atoms with Crippen LogP contribution in [0.2, 0.25) is 0 Å². The van der Waals surface area contributed by atoms with Crippen molar-refractivity contribution in [1.82, 2.24) is 4.98 Å². The van der Waals surface area contributed by atoms with Crippen LogP contribution in [-0.4, -0.2) is 42.0 Å². The van der Waals surface area contributed by atoms with Gasteiger partial charge in [0, 0.05) is 42.4 Å². The van der Waals surface area contributed by atoms with Crippen LogP contribution in [0.15, 0.2) is 78.6 Å². The van der Waals surface area contributed by atoms with E-state index in [-0.39, 0.29) is 11.3 Å². The highest BCUT2D eigenvalue weighted by Gasteiger charge is 2.47. The molecule has 1 aliphatic heterocycles. The number of benzene rings is 2. The molecule has 1 aromatic heterocycles. The van der Waals surface area contributed by atoms with Crippen LogP contribution in [0.25, 0.3) is 5.76 Å². The third-order valence-electron chi connectivity index (χ3n) is 6.09. The number of rotatable bonds is 7. The van der Waals surface area contributed by atoms with E-state index in [1.165, 1.54) is 17.3 Å². The number of anilines is 2. The highest BCUT2D eigenvalue weighted by Crippen LogP contribution is 2.42. The van der Waals surface area contributed by atoms with Crippen molar-refractivity contribution in [3.05, 3.63) is 89.8 Å². The average molecular weight is 458 g/mol. The number of aliphatic hydroxyl groups is 1. The van der Waals surface area contributed by atoms with Gasteiger partial charge in [-0.05, 0) is 67.9 Å². The van der Waals surface area contributed by atoms with Crippen molar-refractivity contribution in [2.75, 3.05) is 30.0 Å². The predicted octanol–water partition coefficient (Wildman–Crippen LogP) is 4.56. The van der Waals surface area contributed by atoms with E-state index in [9.17, 15) is 14.7 Å². The van der Waals surface area contributed by atoms with Gasteiger partial charge in [0.1, 0.15) is 11.5 Å². The molecule has 1 fully saturated rings. The number of aliphatic hydroxyl groups excluding tert-OH is 1. The smallest absolute Gasteiger partial charge is 0.300 e. The lowest BCUT2D eigenvalue weighted by Crippen LogP contribution is -2.29. The van der Waals surface area contributed by atoms with E-state index in [1.807, 2.05) is 24.3 Å². The number of methoxy groups -OCH3 is 1. The van der Waals surface area contributed by atoms with E-state index in [0.29, 0.717) is 17.0 Å². The molecule has 4 rings (SSSR count). The summed E-state index contributed by atoms with van der Waals surface area (Å²) in [5.74, 6) is -1.02. The van der Waals surface area contributed by atoms with Crippen LogP contribution in [0.5, 0.6) is 5.75 Å². The Morgan fingerprint density at radius 1 is 0.971 bits per heavy atom. The lowest BCUT2D eigenvalue weighted by molar-refractivity contribution is -0.132. The van der Waals surface area contributed by atoms with Gasteiger partial charge < -0.3 is 14.7 Å². The zero-order valence-corrected chi connectivity index (χ0v) is 19.4. The molecule has 1 unspecified atom stereocenters. The van der Waals surface area contributed by atoms with Gasteiger partial charge in [-0.15, -0.1) is 0 Å². The average Bonchev–Trinajstić information content (AvgIpc) is 3.15. The van der Waals surface area contributed by atoms with Crippen LogP contribution >= 0.6 is 0 Å². The molecule has 34 heavy (non-hydrogen) atoms. The Hall–Kier alpha value is -4.13. The van der Waals surface area contributed by atoms with Crippen molar-refractivity contribution < 1.29 is 19.4 Å². The lowest BCUT2D eigenvalue weighted by Gasteiger charge is -2.27. The molecule has 2 heterocycles. The van der Waals surface area contributed by atoms with Crippen LogP contribution in [-0.2, 0) is 9.59 Å². The number of Topliss-reactive ketones (excluding diaryl/α,β-unsaturated/α-hetero) is 1. The highest BCUT2D eigenvalue weighted by molar-refractivity contribution is 6.51. The maximum absolute atomic E-state index is 13.2. The Morgan fingerprint density at radius 3 is 2.15 bits per heavy atom. The number of pyridine rings is 1. The number of carbonyl (C=O) groups is 2. The molecule has 0 saturated carbocycles. The van der Waals surface area contributed by atoms with Crippen molar-refractivity contribution in [3.8, 4) is 5.75 Å². The summed E-state index contributed by atoms with van der Waals surface area (Å²) in [6.45, 7) is 5.90. The van der Waals surface area contributed by atoms with Gasteiger partial charge in [-0.25, -0.2) is 0 Å². The second kappa shape index (κ2) is 9.79. The van der Waals surface area contributed by atoms with Crippen LogP contribution in [0.4, 0.5) is 11.4 Å². The molecule has 1 amide bonds. The summed E-state index contributed by atoms with van der Waals surface area (Å²) in [6, 6.07) is 17.1. The Bertz CT molecular complexity index is 1200. The Balaban J connectivity index is 1.87. The largest absolute Gasteiger partial charge is 0.507 e. The number of hydrogen-bond donors (Lipinski definition) is 1. The van der Waals surface area contributed by atoms with Crippen LogP contribution < -0.4 is 14.5 Å². The Morgan fingerprint density at radius 2 is 1.59 bits per heavy atom. The summed E-state index contributed by atoms with van der Waals surface area (Å²) in [6.07, 6.45) is 3.06. The number of hydrogen-bond acceptors (Lipinski definition) is 6. The summed E-state index contributed by atoms with van der Waals surface area (Å²) >= 11 is 0. The predicted molar refractivity (Wildman–Crippen MR) is 132 cm³/mol. The lowest BCUT2D eigenvalue weighted by atomic mass is 9.95. The molecule has 0 aliphatic carbocycles. The molecule has 0 spiro atoms. The molecule has 7 nitrogen and oxygen atoms in total. The first kappa shape index (κ1) is 23.0. The molecule has 1 aliphatic rings. The normalized spacial score (nSPS) is 17.1. The highest BCUT2D eigenvalue weighted by atomic mass is 16.5. The minimum Gasteiger partial charge on any atom is -0.507 e. The Labute approximate surface area is 198 Å². The summed E-state index contributed by atoms with van der Waals surface area (Å²) in [7, 11) is 1.56. The third-order valence-corrected chi connectivity index (χ3v) is 6.09. The van der Waals surface area contributed by atoms with E-state index in [1.54, 1.807) is 43.5 Å². The molecule has 1 N–H and O–H groups in total. The van der Waals surface area contributed by atoms with Crippen LogP contribution in [0, 0.1) is 0 Å². The summed E-state index contributed by atoms with van der Waals surface area (Å²) < 4.78 is 5.23. The van der Waals surface area contributed by atoms with Crippen LogP contribution in [0.3, 0.4) is 0 Å². The molecule has 1 saturated heterocycles. The molecule has 3 aromatic rings. The summed E-state index contributed by atoms with van der Waals surface area (Å²) in [5, 5.41) is 11.1. The van der Waals surface area contributed by atoms with E-state index in [0.717, 1.165) is 24.3 Å². The minimum absolute atomic E-state index is 0.0441. The maximum Gasteiger partial charge on any atom is 0.300 e. The third kappa shape index (κ3) is 4.12. The van der Waals surface area contributed by atoms with E-state index >= 15 is 0 Å². The van der Waals surface area contributed by atoms with Crippen molar-refractivity contribution in [3.63, 3.8) is 0 Å². The number of carbonyl (C=O) groups excluding carboxylic acids is 2. The molecular formula is C27H27N3O4. The number of aromatic nitrogens is 1. The monoisotopic (exact) mass is 457 g/mol. The van der Waals surface area contributed by atoms with Crippen molar-refractivity contribution in [2.45, 2.75) is 19.9 Å². The first-order valence-electron chi connectivity index (χ1n) is 11.2. The molecule has 174 valence electrons. The van der Waals surface area contributed by atoms with Gasteiger partial charge in [-0.3, -0.25) is 19.5 Å². The van der Waals surface area contributed by atoms with E-state index in [4.69, 9.17) is 4.74 Å². The maximum atomic E-state index is 13.2. The number of ketones is 1. The Kier molecular flexibility index (Phi) is 6.63. The number of nitrogens with zero attached hydrogens (tertiary/aromatic N) is 3. The fourth-order valence-electron chi connectivity index (χ4n) is 4.28. The molecule has 7 heteroatoms. The zero-order valence-electron chi connectivity index (χ0n) is 19.4. The molecule has 0 bridgehead atoms. The van der Waals surface area contributed by atoms with Gasteiger partial charge in [0.05, 0.1) is 18.7 Å². The standard InChI is InChI=1S/C27H27N3O4/c1-4-29(5-2)20-8-6-18(7-9-20)24-23(25(31)19-14-16-28-17-15-19)26(32)27(33)30(24)21-10-12-22(34-3)13-11-21/h6-17,24,31H,4-5H2,1-3H3/b25-23-. The minimum atomic E-state index is -0.785. The summed E-state index contributed by atoms with van der Waals surface area (Å²) in [4.78, 5) is 34.1. The van der Waals surface area contributed by atoms with Crippen molar-refractivity contribution >= 4 is 28.8 Å². The van der Waals surface area contributed by atoms with Gasteiger partial charge in [-0.1, -0.05) is 12.1 Å². The zero-order chi connectivity index (χ0) is 24.2. The van der Waals surface area contributed by atoms with Gasteiger partial charge in [0.2, 0.25) is 0 Å². The quantitative estimate of drug-likeness (QED) is 0.318. The van der Waals surface area contributed by atoms with Crippen molar-refractivity contribution in [1.29, 1.82) is 0 Å². The summed E-state index contributed by atoms with van der Waals surface area (Å²) in [5.41, 5.74) is 2.77. The fraction of sp³-hybridized carbons (Fsp3) is 0.222.